The lowest BCUT2D eigenvalue weighted by Gasteiger charge is -2.08. The van der Waals surface area contributed by atoms with Gasteiger partial charge in [0.05, 0.1) is 6.33 Å². The second-order valence-corrected chi connectivity index (χ2v) is 4.18. The largest absolute Gasteiger partial charge is 0.354 e. The number of rotatable bonds is 6. The van der Waals surface area contributed by atoms with Crippen LogP contribution >= 0.6 is 0 Å². The van der Waals surface area contributed by atoms with Gasteiger partial charge in [-0.05, 0) is 19.4 Å². The van der Waals surface area contributed by atoms with Crippen LogP contribution < -0.4 is 11.1 Å². The summed E-state index contributed by atoms with van der Waals surface area (Å²) >= 11 is 0. The molecule has 1 fully saturated rings. The molecule has 88 valence electrons. The monoisotopic (exact) mass is 222 g/mol. The lowest BCUT2D eigenvalue weighted by atomic mass is 10.3. The van der Waals surface area contributed by atoms with E-state index >= 15 is 0 Å². The topological polar surface area (TPSA) is 72.9 Å². The van der Waals surface area contributed by atoms with Gasteiger partial charge in [0.2, 0.25) is 5.91 Å². The van der Waals surface area contributed by atoms with Gasteiger partial charge in [0.15, 0.2) is 0 Å². The van der Waals surface area contributed by atoms with Gasteiger partial charge in [0, 0.05) is 37.3 Å². The van der Waals surface area contributed by atoms with E-state index in [1.807, 2.05) is 10.8 Å². The minimum Gasteiger partial charge on any atom is -0.354 e. The van der Waals surface area contributed by atoms with Gasteiger partial charge in [-0.25, -0.2) is 4.98 Å². The van der Waals surface area contributed by atoms with E-state index in [0.717, 1.165) is 31.5 Å². The van der Waals surface area contributed by atoms with Crippen molar-refractivity contribution in [2.24, 2.45) is 11.7 Å². The highest BCUT2D eigenvalue weighted by Crippen LogP contribution is 2.28. The number of nitrogens with zero attached hydrogens (tertiary/aromatic N) is 2. The number of hydrogen-bond donors (Lipinski definition) is 2. The maximum atomic E-state index is 11.4. The average molecular weight is 222 g/mol. The molecule has 1 aromatic heterocycles. The fraction of sp³-hybridized carbons (Fsp3) is 0.636. The van der Waals surface area contributed by atoms with Gasteiger partial charge in [-0.1, -0.05) is 0 Å². The van der Waals surface area contributed by atoms with Crippen LogP contribution in [0.25, 0.3) is 0 Å². The van der Waals surface area contributed by atoms with Gasteiger partial charge in [-0.2, -0.15) is 0 Å². The quantitative estimate of drug-likeness (QED) is 0.706. The maximum absolute atomic E-state index is 11.4. The summed E-state index contributed by atoms with van der Waals surface area (Å²) in [5, 5.41) is 2.93. The Hall–Kier alpha value is -1.36. The first-order valence-corrected chi connectivity index (χ1v) is 5.78. The summed E-state index contributed by atoms with van der Waals surface area (Å²) in [6, 6.07) is 0. The van der Waals surface area contributed by atoms with Crippen LogP contribution in [-0.2, 0) is 17.8 Å². The molecule has 0 unspecified atom stereocenters. The Morgan fingerprint density at radius 3 is 3.12 bits per heavy atom. The predicted molar refractivity (Wildman–Crippen MR) is 60.7 cm³/mol. The van der Waals surface area contributed by atoms with Gasteiger partial charge in [0.1, 0.15) is 0 Å². The van der Waals surface area contributed by atoms with Gasteiger partial charge in [-0.15, -0.1) is 0 Å². The molecule has 2 rings (SSSR count). The van der Waals surface area contributed by atoms with Crippen LogP contribution in [0.4, 0.5) is 0 Å². The summed E-state index contributed by atoms with van der Waals surface area (Å²) < 4.78 is 2.04. The molecule has 5 nitrogen and oxygen atoms in total. The van der Waals surface area contributed by atoms with E-state index in [1.165, 1.54) is 0 Å². The number of nitrogens with one attached hydrogen (secondary N) is 1. The van der Waals surface area contributed by atoms with Crippen molar-refractivity contribution >= 4 is 5.91 Å². The summed E-state index contributed by atoms with van der Waals surface area (Å²) in [6.45, 7) is 2.07. The molecule has 0 radical (unpaired) electrons. The fourth-order valence-corrected chi connectivity index (χ4v) is 1.69. The Kier molecular flexibility index (Phi) is 3.56. The molecule has 3 N–H and O–H groups in total. The van der Waals surface area contributed by atoms with Gasteiger partial charge >= 0.3 is 0 Å². The Bertz CT molecular complexity index is 357. The van der Waals surface area contributed by atoms with Crippen molar-refractivity contribution in [2.45, 2.75) is 25.8 Å². The zero-order valence-electron chi connectivity index (χ0n) is 9.35. The minimum absolute atomic E-state index is 0.195. The molecule has 1 aliphatic rings. The molecular formula is C11H18N4O. The Morgan fingerprint density at radius 2 is 2.44 bits per heavy atom. The molecule has 0 atom stereocenters. The van der Waals surface area contributed by atoms with Crippen molar-refractivity contribution in [3.8, 4) is 0 Å². The summed E-state index contributed by atoms with van der Waals surface area (Å²) in [5.41, 5.74) is 6.63. The second kappa shape index (κ2) is 5.12. The number of nitrogens with two attached hydrogens (primary N) is 1. The normalized spacial score (nSPS) is 15.1. The third-order valence-electron chi connectivity index (χ3n) is 2.80. The lowest BCUT2D eigenvalue weighted by molar-refractivity contribution is -0.122. The van der Waals surface area contributed by atoms with Crippen molar-refractivity contribution in [3.05, 3.63) is 18.2 Å². The third kappa shape index (κ3) is 2.82. The zero-order chi connectivity index (χ0) is 11.4. The summed E-state index contributed by atoms with van der Waals surface area (Å²) in [4.78, 5) is 15.5. The number of hydrogen-bond acceptors (Lipinski definition) is 3. The van der Waals surface area contributed by atoms with E-state index in [0.29, 0.717) is 13.1 Å². The first-order valence-electron chi connectivity index (χ1n) is 5.78. The van der Waals surface area contributed by atoms with E-state index in [1.54, 1.807) is 6.33 Å². The summed E-state index contributed by atoms with van der Waals surface area (Å²) in [7, 11) is 0. The lowest BCUT2D eigenvalue weighted by Crippen LogP contribution is -2.28. The van der Waals surface area contributed by atoms with Crippen LogP contribution in [0.1, 0.15) is 18.5 Å². The number of imidazole rings is 1. The molecule has 0 aliphatic heterocycles. The molecule has 1 saturated carbocycles. The van der Waals surface area contributed by atoms with Crippen LogP contribution in [0.5, 0.6) is 0 Å². The Morgan fingerprint density at radius 1 is 1.62 bits per heavy atom. The first-order chi connectivity index (χ1) is 7.81. The van der Waals surface area contributed by atoms with Crippen molar-refractivity contribution < 1.29 is 4.79 Å². The van der Waals surface area contributed by atoms with Crippen LogP contribution in [0.2, 0.25) is 0 Å². The number of aromatic nitrogens is 2. The number of carbonyl (C=O) groups excluding carboxylic acids is 1. The average Bonchev–Trinajstić information content (AvgIpc) is 3.03. The predicted octanol–water partition coefficient (Wildman–Crippen LogP) is -0.0895. The number of carbonyl (C=O) groups is 1. The van der Waals surface area contributed by atoms with Gasteiger partial charge in [0.25, 0.3) is 0 Å². The number of amides is 1. The van der Waals surface area contributed by atoms with Crippen LogP contribution in [-0.4, -0.2) is 28.5 Å². The molecule has 0 bridgehead atoms. The van der Waals surface area contributed by atoms with Crippen molar-refractivity contribution in [2.75, 3.05) is 13.1 Å². The van der Waals surface area contributed by atoms with Crippen molar-refractivity contribution in [1.29, 1.82) is 0 Å². The van der Waals surface area contributed by atoms with Crippen molar-refractivity contribution in [1.82, 2.24) is 14.9 Å². The Labute approximate surface area is 95.0 Å². The standard InChI is InChI=1S/C11H18N4O/c12-4-3-10-7-13-8-15(10)6-5-14-11(16)9-1-2-9/h7-9H,1-6,12H2,(H,14,16). The zero-order valence-corrected chi connectivity index (χ0v) is 9.35. The summed E-state index contributed by atoms with van der Waals surface area (Å²) in [5.74, 6) is 0.479. The molecule has 5 heteroatoms. The SMILES string of the molecule is NCCc1cncn1CCNC(=O)C1CC1. The molecule has 1 aliphatic carbocycles. The van der Waals surface area contributed by atoms with Gasteiger partial charge < -0.3 is 15.6 Å². The first kappa shape index (κ1) is 11.1. The van der Waals surface area contributed by atoms with Crippen LogP contribution in [0.3, 0.4) is 0 Å². The summed E-state index contributed by atoms with van der Waals surface area (Å²) in [6.07, 6.45) is 6.55. The maximum Gasteiger partial charge on any atom is 0.223 e. The van der Waals surface area contributed by atoms with Crippen LogP contribution in [0.15, 0.2) is 12.5 Å². The molecule has 0 aromatic carbocycles. The smallest absolute Gasteiger partial charge is 0.223 e. The van der Waals surface area contributed by atoms with E-state index < -0.39 is 0 Å². The Balaban J connectivity index is 1.75. The molecule has 1 amide bonds. The highest BCUT2D eigenvalue weighted by molar-refractivity contribution is 5.80. The molecule has 0 spiro atoms. The second-order valence-electron chi connectivity index (χ2n) is 4.18. The molecule has 0 saturated heterocycles. The molecule has 1 heterocycles. The van der Waals surface area contributed by atoms with Gasteiger partial charge in [-0.3, -0.25) is 4.79 Å². The van der Waals surface area contributed by atoms with E-state index in [9.17, 15) is 4.79 Å². The van der Waals surface area contributed by atoms with Crippen LogP contribution in [0, 0.1) is 5.92 Å². The van der Waals surface area contributed by atoms with Crippen molar-refractivity contribution in [3.63, 3.8) is 0 Å². The highest BCUT2D eigenvalue weighted by atomic mass is 16.2. The minimum atomic E-state index is 0.195. The molecule has 16 heavy (non-hydrogen) atoms. The molecular weight excluding hydrogens is 204 g/mol. The molecule has 1 aromatic rings. The van der Waals surface area contributed by atoms with E-state index in [-0.39, 0.29) is 11.8 Å². The third-order valence-corrected chi connectivity index (χ3v) is 2.80. The van der Waals surface area contributed by atoms with E-state index in [4.69, 9.17) is 5.73 Å². The fourth-order valence-electron chi connectivity index (χ4n) is 1.69. The highest BCUT2D eigenvalue weighted by Gasteiger charge is 2.28. The van der Waals surface area contributed by atoms with E-state index in [2.05, 4.69) is 10.3 Å².